The van der Waals surface area contributed by atoms with Gasteiger partial charge < -0.3 is 5.32 Å². The molecule has 1 N–H and O–H groups in total. The summed E-state index contributed by atoms with van der Waals surface area (Å²) in [7, 11) is 0. The van der Waals surface area contributed by atoms with Crippen LogP contribution in [0.4, 0.5) is 0 Å². The predicted molar refractivity (Wildman–Crippen MR) is 59.1 cm³/mol. The van der Waals surface area contributed by atoms with Gasteiger partial charge in [-0.15, -0.1) is 0 Å². The third kappa shape index (κ3) is 1.25. The summed E-state index contributed by atoms with van der Waals surface area (Å²) in [5.74, 6) is 3.35. The Hall–Kier alpha value is -0.0400. The molecule has 4 bridgehead atoms. The summed E-state index contributed by atoms with van der Waals surface area (Å²) in [6, 6.07) is 0. The molecule has 0 aliphatic heterocycles. The van der Waals surface area contributed by atoms with Gasteiger partial charge in [-0.3, -0.25) is 0 Å². The second-order valence-electron chi connectivity index (χ2n) is 6.08. The second-order valence-corrected chi connectivity index (χ2v) is 6.08. The van der Waals surface area contributed by atoms with E-state index in [0.717, 1.165) is 23.2 Å². The summed E-state index contributed by atoms with van der Waals surface area (Å²) in [5, 5.41) is 3.68. The topological polar surface area (TPSA) is 12.0 Å². The highest BCUT2D eigenvalue weighted by molar-refractivity contribution is 5.08. The number of rotatable bonds is 4. The van der Waals surface area contributed by atoms with Gasteiger partial charge in [0.2, 0.25) is 0 Å². The van der Waals surface area contributed by atoms with Gasteiger partial charge in [0.1, 0.15) is 0 Å². The third-order valence-corrected chi connectivity index (χ3v) is 5.06. The lowest BCUT2D eigenvalue weighted by atomic mass is 9.75. The van der Waals surface area contributed by atoms with E-state index < -0.39 is 0 Å². The first kappa shape index (κ1) is 9.21. The first-order valence-electron chi connectivity index (χ1n) is 6.53. The fourth-order valence-corrected chi connectivity index (χ4v) is 4.77. The summed E-state index contributed by atoms with van der Waals surface area (Å²) < 4.78 is 0. The maximum Gasteiger partial charge on any atom is 0.00107 e. The molecule has 4 rings (SSSR count). The summed E-state index contributed by atoms with van der Waals surface area (Å²) in [5.41, 5.74) is 0.767. The molecule has 4 saturated carbocycles. The molecule has 0 radical (unpaired) electrons. The lowest BCUT2D eigenvalue weighted by molar-refractivity contribution is 0.194. The predicted octanol–water partition coefficient (Wildman–Crippen LogP) is 2.81. The number of hydrogen-bond donors (Lipinski definition) is 1. The summed E-state index contributed by atoms with van der Waals surface area (Å²) in [4.78, 5) is 0. The van der Waals surface area contributed by atoms with Crippen molar-refractivity contribution < 1.29 is 0 Å². The molecule has 1 heteroatoms. The highest BCUT2D eigenvalue weighted by Gasteiger charge is 2.56. The van der Waals surface area contributed by atoms with Gasteiger partial charge in [-0.05, 0) is 68.2 Å². The molecule has 0 aromatic carbocycles. The van der Waals surface area contributed by atoms with E-state index in [1.807, 2.05) is 0 Å². The van der Waals surface area contributed by atoms with Crippen LogP contribution < -0.4 is 5.32 Å². The van der Waals surface area contributed by atoms with Crippen LogP contribution in [-0.2, 0) is 0 Å². The lowest BCUT2D eigenvalue weighted by Crippen LogP contribution is -2.35. The molecule has 0 aromatic heterocycles. The molecule has 0 amide bonds. The summed E-state index contributed by atoms with van der Waals surface area (Å²) in [6.45, 7) is 4.82. The summed E-state index contributed by atoms with van der Waals surface area (Å²) in [6.07, 6.45) is 9.13. The van der Waals surface area contributed by atoms with Crippen molar-refractivity contribution in [2.75, 3.05) is 13.1 Å². The Labute approximate surface area is 87.7 Å². The normalized spacial score (nSPS) is 49.1. The van der Waals surface area contributed by atoms with Crippen molar-refractivity contribution in [1.82, 2.24) is 5.32 Å². The van der Waals surface area contributed by atoms with Gasteiger partial charge in [0.25, 0.3) is 0 Å². The molecule has 2 unspecified atom stereocenters. The van der Waals surface area contributed by atoms with Gasteiger partial charge in [-0.1, -0.05) is 6.92 Å². The maximum atomic E-state index is 3.68. The molecule has 2 atom stereocenters. The zero-order valence-electron chi connectivity index (χ0n) is 9.39. The molecule has 14 heavy (non-hydrogen) atoms. The fourth-order valence-electron chi connectivity index (χ4n) is 4.77. The molecule has 4 aliphatic carbocycles. The van der Waals surface area contributed by atoms with Crippen LogP contribution >= 0.6 is 0 Å². The molecule has 80 valence electrons. The lowest BCUT2D eigenvalue weighted by Gasteiger charge is -2.33. The van der Waals surface area contributed by atoms with E-state index in [-0.39, 0.29) is 0 Å². The zero-order valence-corrected chi connectivity index (χ0v) is 9.39. The zero-order chi connectivity index (χ0) is 9.60. The van der Waals surface area contributed by atoms with Crippen LogP contribution in [0.2, 0.25) is 0 Å². The van der Waals surface area contributed by atoms with E-state index in [9.17, 15) is 0 Å². The van der Waals surface area contributed by atoms with Crippen LogP contribution in [0.3, 0.4) is 0 Å². The Kier molecular flexibility index (Phi) is 2.12. The van der Waals surface area contributed by atoms with E-state index in [1.165, 1.54) is 19.5 Å². The minimum Gasteiger partial charge on any atom is -0.316 e. The average Bonchev–Trinajstić information content (AvgIpc) is 2.52. The molecule has 1 nitrogen and oxygen atoms in total. The minimum atomic E-state index is 0.767. The molecule has 4 aliphatic rings. The van der Waals surface area contributed by atoms with E-state index in [4.69, 9.17) is 0 Å². The van der Waals surface area contributed by atoms with E-state index >= 15 is 0 Å². The van der Waals surface area contributed by atoms with E-state index in [2.05, 4.69) is 12.2 Å². The average molecular weight is 193 g/mol. The van der Waals surface area contributed by atoms with E-state index in [1.54, 1.807) is 32.1 Å². The molecule has 4 fully saturated rings. The number of hydrogen-bond acceptors (Lipinski definition) is 1. The molecular formula is C13H23N. The van der Waals surface area contributed by atoms with Crippen LogP contribution in [0.25, 0.3) is 0 Å². The van der Waals surface area contributed by atoms with Crippen molar-refractivity contribution in [3.63, 3.8) is 0 Å². The Balaban J connectivity index is 1.66. The summed E-state index contributed by atoms with van der Waals surface area (Å²) >= 11 is 0. The van der Waals surface area contributed by atoms with Gasteiger partial charge in [-0.2, -0.15) is 0 Å². The highest BCUT2D eigenvalue weighted by atomic mass is 14.9. The quantitative estimate of drug-likeness (QED) is 0.677. The van der Waals surface area contributed by atoms with Gasteiger partial charge >= 0.3 is 0 Å². The Morgan fingerprint density at radius 1 is 1.14 bits per heavy atom. The first-order valence-corrected chi connectivity index (χ1v) is 6.53. The van der Waals surface area contributed by atoms with Crippen LogP contribution in [-0.4, -0.2) is 13.1 Å². The van der Waals surface area contributed by atoms with Gasteiger partial charge in [-0.25, -0.2) is 0 Å². The molecular weight excluding hydrogens is 170 g/mol. The molecule has 0 heterocycles. The Bertz CT molecular complexity index is 209. The number of nitrogens with one attached hydrogen (secondary N) is 1. The van der Waals surface area contributed by atoms with E-state index in [0.29, 0.717) is 0 Å². The van der Waals surface area contributed by atoms with Gasteiger partial charge in [0.15, 0.2) is 0 Å². The van der Waals surface area contributed by atoms with Gasteiger partial charge in [0.05, 0.1) is 0 Å². The van der Waals surface area contributed by atoms with Crippen molar-refractivity contribution in [2.24, 2.45) is 23.2 Å². The third-order valence-electron chi connectivity index (χ3n) is 5.06. The minimum absolute atomic E-state index is 0.767. The van der Waals surface area contributed by atoms with Crippen LogP contribution in [0.1, 0.15) is 45.4 Å². The van der Waals surface area contributed by atoms with Crippen molar-refractivity contribution >= 4 is 0 Å². The molecule has 0 saturated heterocycles. The Morgan fingerprint density at radius 2 is 1.86 bits per heavy atom. The van der Waals surface area contributed by atoms with Crippen molar-refractivity contribution in [2.45, 2.75) is 45.4 Å². The van der Waals surface area contributed by atoms with Crippen LogP contribution in [0.5, 0.6) is 0 Å². The molecule has 0 spiro atoms. The van der Waals surface area contributed by atoms with Crippen molar-refractivity contribution in [3.05, 3.63) is 0 Å². The first-order chi connectivity index (χ1) is 6.82. The van der Waals surface area contributed by atoms with Crippen molar-refractivity contribution in [3.8, 4) is 0 Å². The SMILES string of the molecule is CCCNCC12CC3CC(CC1C3)C2. The fraction of sp³-hybridized carbons (Fsp3) is 1.00. The monoisotopic (exact) mass is 193 g/mol. The Morgan fingerprint density at radius 3 is 2.50 bits per heavy atom. The van der Waals surface area contributed by atoms with Gasteiger partial charge in [0, 0.05) is 6.54 Å². The van der Waals surface area contributed by atoms with Crippen molar-refractivity contribution in [1.29, 1.82) is 0 Å². The maximum absolute atomic E-state index is 3.68. The van der Waals surface area contributed by atoms with Crippen LogP contribution in [0.15, 0.2) is 0 Å². The standard InChI is InChI=1S/C13H23N/c1-2-3-14-9-13-7-10-4-11(8-13)6-12(13)5-10/h10-12,14H,2-9H2,1H3. The largest absolute Gasteiger partial charge is 0.316 e. The van der Waals surface area contributed by atoms with Crippen LogP contribution in [0, 0.1) is 23.2 Å². The molecule has 0 aromatic rings. The smallest absolute Gasteiger partial charge is 0.00107 e. The highest BCUT2D eigenvalue weighted by Crippen LogP contribution is 2.64. The second kappa shape index (κ2) is 3.23.